The second-order valence-corrected chi connectivity index (χ2v) is 9.23. The summed E-state index contributed by atoms with van der Waals surface area (Å²) in [6.45, 7) is 1.89. The fourth-order valence-corrected chi connectivity index (χ4v) is 5.07. The third-order valence-corrected chi connectivity index (χ3v) is 6.56. The number of halogens is 3. The van der Waals surface area contributed by atoms with E-state index in [2.05, 4.69) is 10.1 Å². The van der Waals surface area contributed by atoms with E-state index in [0.29, 0.717) is 10.4 Å². The van der Waals surface area contributed by atoms with Crippen molar-refractivity contribution in [2.24, 2.45) is 4.99 Å². The second-order valence-electron chi connectivity index (χ2n) is 6.69. The first-order valence-corrected chi connectivity index (χ1v) is 11.0. The first kappa shape index (κ1) is 21.5. The first-order valence-electron chi connectivity index (χ1n) is 9.24. The van der Waals surface area contributed by atoms with Crippen LogP contribution in [0.15, 0.2) is 52.5 Å². The van der Waals surface area contributed by atoms with Crippen LogP contribution in [-0.2, 0) is 17.5 Å². The SMILES string of the molecule is CCSC1=NC(=O)C(=Cc2ccc3c(cnn3Cc3ccc(O)cc3C(F)(F)F)c2)S1. The van der Waals surface area contributed by atoms with Gasteiger partial charge in [0.2, 0.25) is 0 Å². The maximum Gasteiger partial charge on any atom is 0.416 e. The fourth-order valence-electron chi connectivity index (χ4n) is 3.18. The number of benzene rings is 2. The van der Waals surface area contributed by atoms with E-state index in [-0.39, 0.29) is 18.0 Å². The summed E-state index contributed by atoms with van der Waals surface area (Å²) in [7, 11) is 0. The Labute approximate surface area is 184 Å². The van der Waals surface area contributed by atoms with E-state index in [4.69, 9.17) is 0 Å². The number of phenolic OH excluding ortho intramolecular Hbond substituents is 1. The van der Waals surface area contributed by atoms with Crippen LogP contribution in [0, 0.1) is 0 Å². The molecule has 2 aromatic carbocycles. The average molecular weight is 464 g/mol. The molecule has 0 aliphatic carbocycles. The van der Waals surface area contributed by atoms with E-state index in [1.54, 1.807) is 24.4 Å². The largest absolute Gasteiger partial charge is 0.508 e. The molecule has 31 heavy (non-hydrogen) atoms. The molecule has 2 heterocycles. The van der Waals surface area contributed by atoms with Gasteiger partial charge in [0, 0.05) is 5.39 Å². The fraction of sp³-hybridized carbons (Fsp3) is 0.190. The van der Waals surface area contributed by atoms with Gasteiger partial charge in [0.05, 0.1) is 28.7 Å². The lowest BCUT2D eigenvalue weighted by molar-refractivity contribution is -0.138. The Balaban J connectivity index is 1.61. The van der Waals surface area contributed by atoms with E-state index in [1.165, 1.54) is 40.3 Å². The number of carbonyl (C=O) groups excluding carboxylic acids is 1. The van der Waals surface area contributed by atoms with Crippen molar-refractivity contribution in [3.05, 3.63) is 64.2 Å². The lowest BCUT2D eigenvalue weighted by Crippen LogP contribution is -2.12. The molecule has 0 bridgehead atoms. The smallest absolute Gasteiger partial charge is 0.416 e. The van der Waals surface area contributed by atoms with Crippen molar-refractivity contribution in [3.63, 3.8) is 0 Å². The molecule has 1 aliphatic rings. The number of fused-ring (bicyclic) bond motifs is 1. The molecule has 1 aliphatic heterocycles. The number of amides is 1. The van der Waals surface area contributed by atoms with E-state index < -0.39 is 17.5 Å². The molecular weight excluding hydrogens is 447 g/mol. The van der Waals surface area contributed by atoms with Crippen LogP contribution < -0.4 is 0 Å². The molecule has 0 atom stereocenters. The van der Waals surface area contributed by atoms with Crippen LogP contribution in [0.3, 0.4) is 0 Å². The van der Waals surface area contributed by atoms with Gasteiger partial charge in [-0.05, 0) is 47.2 Å². The molecule has 0 saturated carbocycles. The first-order chi connectivity index (χ1) is 14.7. The molecule has 1 aromatic heterocycles. The summed E-state index contributed by atoms with van der Waals surface area (Å²) in [6.07, 6.45) is -1.26. The van der Waals surface area contributed by atoms with Crippen molar-refractivity contribution in [2.75, 3.05) is 5.75 Å². The topological polar surface area (TPSA) is 67.5 Å². The number of hydrogen-bond donors (Lipinski definition) is 1. The van der Waals surface area contributed by atoms with Crippen LogP contribution >= 0.6 is 23.5 Å². The van der Waals surface area contributed by atoms with Crippen molar-refractivity contribution < 1.29 is 23.1 Å². The van der Waals surface area contributed by atoms with Crippen LogP contribution in [-0.4, -0.2) is 30.9 Å². The Morgan fingerprint density at radius 3 is 2.77 bits per heavy atom. The lowest BCUT2D eigenvalue weighted by atomic mass is 10.1. The zero-order chi connectivity index (χ0) is 22.2. The summed E-state index contributed by atoms with van der Waals surface area (Å²) in [5.74, 6) is 0.112. The minimum Gasteiger partial charge on any atom is -0.508 e. The van der Waals surface area contributed by atoms with Crippen LogP contribution in [0.4, 0.5) is 13.2 Å². The number of alkyl halides is 3. The average Bonchev–Trinajstić information content (AvgIpc) is 3.25. The Hall–Kier alpha value is -2.72. The molecule has 3 aromatic rings. The summed E-state index contributed by atoms with van der Waals surface area (Å²) >= 11 is 2.84. The molecule has 0 unspecified atom stereocenters. The molecule has 0 saturated heterocycles. The van der Waals surface area contributed by atoms with Crippen LogP contribution in [0.2, 0.25) is 0 Å². The van der Waals surface area contributed by atoms with Crippen LogP contribution in [0.1, 0.15) is 23.6 Å². The van der Waals surface area contributed by atoms with Gasteiger partial charge in [-0.2, -0.15) is 23.3 Å². The highest BCUT2D eigenvalue weighted by atomic mass is 32.2. The number of phenols is 1. The summed E-state index contributed by atoms with van der Waals surface area (Å²) < 4.78 is 42.2. The highest BCUT2D eigenvalue weighted by Gasteiger charge is 2.33. The third-order valence-electron chi connectivity index (χ3n) is 4.55. The van der Waals surface area contributed by atoms with Crippen molar-refractivity contribution >= 4 is 50.8 Å². The van der Waals surface area contributed by atoms with Crippen LogP contribution in [0.25, 0.3) is 17.0 Å². The van der Waals surface area contributed by atoms with Gasteiger partial charge in [0.1, 0.15) is 10.1 Å². The molecule has 0 radical (unpaired) electrons. The maximum atomic E-state index is 13.3. The Kier molecular flexibility index (Phi) is 5.85. The maximum absolute atomic E-state index is 13.3. The quantitative estimate of drug-likeness (QED) is 0.515. The van der Waals surface area contributed by atoms with Gasteiger partial charge in [-0.15, -0.1) is 0 Å². The summed E-state index contributed by atoms with van der Waals surface area (Å²) in [6, 6.07) is 8.56. The summed E-state index contributed by atoms with van der Waals surface area (Å²) in [4.78, 5) is 16.6. The Bertz CT molecular complexity index is 1230. The molecule has 1 amide bonds. The molecule has 1 N–H and O–H groups in total. The van der Waals surface area contributed by atoms with Crippen molar-refractivity contribution in [3.8, 4) is 5.75 Å². The van der Waals surface area contributed by atoms with Gasteiger partial charge in [0.25, 0.3) is 5.91 Å². The normalized spacial score (nSPS) is 15.8. The van der Waals surface area contributed by atoms with E-state index in [9.17, 15) is 23.1 Å². The predicted octanol–water partition coefficient (Wildman–Crippen LogP) is 5.53. The van der Waals surface area contributed by atoms with Gasteiger partial charge in [0.15, 0.2) is 0 Å². The monoisotopic (exact) mass is 463 g/mol. The number of aromatic nitrogens is 2. The molecule has 0 spiro atoms. The van der Waals surface area contributed by atoms with Gasteiger partial charge in [-0.25, -0.2) is 0 Å². The number of carbonyl (C=O) groups is 1. The molecule has 4 rings (SSSR count). The van der Waals surface area contributed by atoms with Crippen LogP contribution in [0.5, 0.6) is 5.75 Å². The zero-order valence-corrected chi connectivity index (χ0v) is 17.8. The molecular formula is C21H16F3N3O2S2. The van der Waals surface area contributed by atoms with Gasteiger partial charge in [-0.3, -0.25) is 9.48 Å². The van der Waals surface area contributed by atoms with Crippen molar-refractivity contribution in [2.45, 2.75) is 19.6 Å². The minimum absolute atomic E-state index is 0.00699. The second kappa shape index (κ2) is 8.43. The lowest BCUT2D eigenvalue weighted by Gasteiger charge is -2.14. The molecule has 160 valence electrons. The van der Waals surface area contributed by atoms with E-state index in [0.717, 1.165) is 27.1 Å². The molecule has 0 fully saturated rings. The van der Waals surface area contributed by atoms with Gasteiger partial charge < -0.3 is 5.11 Å². The number of aliphatic imine (C=N–C) groups is 1. The Morgan fingerprint density at radius 2 is 2.03 bits per heavy atom. The van der Waals surface area contributed by atoms with E-state index in [1.807, 2.05) is 13.0 Å². The third kappa shape index (κ3) is 4.64. The number of thioether (sulfide) groups is 2. The molecule has 10 heteroatoms. The number of nitrogens with zero attached hydrogens (tertiary/aromatic N) is 3. The number of rotatable bonds is 4. The highest BCUT2D eigenvalue weighted by molar-refractivity contribution is 8.41. The van der Waals surface area contributed by atoms with E-state index >= 15 is 0 Å². The van der Waals surface area contributed by atoms with Crippen molar-refractivity contribution in [1.29, 1.82) is 0 Å². The number of hydrogen-bond acceptors (Lipinski definition) is 5. The van der Waals surface area contributed by atoms with Gasteiger partial charge >= 0.3 is 6.18 Å². The van der Waals surface area contributed by atoms with Gasteiger partial charge in [-0.1, -0.05) is 42.6 Å². The predicted molar refractivity (Wildman–Crippen MR) is 118 cm³/mol. The summed E-state index contributed by atoms with van der Waals surface area (Å²) in [5, 5.41) is 14.4. The minimum atomic E-state index is -4.58. The Morgan fingerprint density at radius 1 is 1.23 bits per heavy atom. The number of aromatic hydroxyl groups is 1. The highest BCUT2D eigenvalue weighted by Crippen LogP contribution is 2.36. The van der Waals surface area contributed by atoms with Crippen molar-refractivity contribution in [1.82, 2.24) is 9.78 Å². The summed E-state index contributed by atoms with van der Waals surface area (Å²) in [5.41, 5.74) is 0.552. The standard InChI is InChI=1S/C21H16F3N3O2S2/c1-2-30-20-26-19(29)18(31-20)8-12-3-6-17-14(7-12)10-25-27(17)11-13-4-5-15(28)9-16(13)21(22,23)24/h3-10,28H,2,11H2,1H3. The molecule has 5 nitrogen and oxygen atoms in total. The zero-order valence-electron chi connectivity index (χ0n) is 16.2.